The maximum absolute atomic E-state index is 15.7. The Kier molecular flexibility index (Phi) is 10.4. The number of halogens is 1. The molecule has 0 spiro atoms. The third-order valence-corrected chi connectivity index (χ3v) is 5.96. The monoisotopic (exact) mass is 517 g/mol. The number of likely N-dealkylation sites (tertiary alicyclic amines) is 1. The van der Waals surface area contributed by atoms with Crippen molar-refractivity contribution in [2.45, 2.75) is 26.4 Å². The summed E-state index contributed by atoms with van der Waals surface area (Å²) in [6.07, 6.45) is 4.94. The molecule has 36 heavy (non-hydrogen) atoms. The Morgan fingerprint density at radius 1 is 1.36 bits per heavy atom. The maximum Gasteiger partial charge on any atom is 0.410 e. The summed E-state index contributed by atoms with van der Waals surface area (Å²) in [5, 5.41) is 0. The van der Waals surface area contributed by atoms with Gasteiger partial charge in [-0.1, -0.05) is 43.2 Å². The van der Waals surface area contributed by atoms with Crippen molar-refractivity contribution in [3.63, 3.8) is 0 Å². The molecular weight excluding hydrogens is 485 g/mol. The summed E-state index contributed by atoms with van der Waals surface area (Å²) in [6.45, 7) is 13.2. The quantitative estimate of drug-likeness (QED) is 0.292. The molecule has 1 saturated heterocycles. The molecule has 10 heteroatoms. The van der Waals surface area contributed by atoms with Crippen molar-refractivity contribution in [3.8, 4) is 17.6 Å². The van der Waals surface area contributed by atoms with E-state index in [1.54, 1.807) is 39.0 Å². The zero-order valence-corrected chi connectivity index (χ0v) is 21.8. The lowest BCUT2D eigenvalue weighted by atomic mass is 10.0. The van der Waals surface area contributed by atoms with Crippen LogP contribution in [-0.4, -0.2) is 60.4 Å². The molecule has 0 radical (unpaired) electrons. The topological polar surface area (TPSA) is 88.2 Å². The van der Waals surface area contributed by atoms with Gasteiger partial charge >= 0.3 is 6.09 Å². The van der Waals surface area contributed by atoms with Crippen molar-refractivity contribution < 1.29 is 27.7 Å². The van der Waals surface area contributed by atoms with E-state index in [0.717, 1.165) is 4.31 Å². The molecule has 1 aliphatic rings. The van der Waals surface area contributed by atoms with Crippen LogP contribution in [0.1, 0.15) is 26.3 Å². The van der Waals surface area contributed by atoms with Crippen LogP contribution in [0.5, 0.6) is 5.75 Å². The minimum Gasteiger partial charge on any atom is -0.487 e. The SMILES string of the molecule is C=C/C=C(\C=C)COc1ccc(C#CC2CN(C(=O)OC(C)(C)C)C2)c(F)c1N(CC=O)S(=O)NC. The summed E-state index contributed by atoms with van der Waals surface area (Å²) in [7, 11) is 1.42. The summed E-state index contributed by atoms with van der Waals surface area (Å²) in [5.41, 5.74) is -0.0157. The standard InChI is InChI=1S/C26H32FN3O5S/c1-7-9-19(8-2)18-34-22-13-12-21(23(27)24(22)30(14-15-31)36(33)28-6)11-10-20-16-29(17-20)25(32)35-26(3,4)5/h7-9,12-13,15,20,28H,1-2,14,16-18H2,3-6H3/b19-9+. The molecular formula is C26H32FN3O5S. The highest BCUT2D eigenvalue weighted by atomic mass is 32.2. The van der Waals surface area contributed by atoms with Crippen LogP contribution in [0.2, 0.25) is 0 Å². The van der Waals surface area contributed by atoms with Gasteiger partial charge in [0.2, 0.25) is 0 Å². The Morgan fingerprint density at radius 2 is 2.06 bits per heavy atom. The van der Waals surface area contributed by atoms with Crippen molar-refractivity contribution in [2.24, 2.45) is 5.92 Å². The van der Waals surface area contributed by atoms with Crippen molar-refractivity contribution >= 4 is 29.2 Å². The number of ether oxygens (including phenoxy) is 2. The van der Waals surface area contributed by atoms with E-state index in [0.29, 0.717) is 24.9 Å². The fourth-order valence-electron chi connectivity index (χ4n) is 3.12. The van der Waals surface area contributed by atoms with Gasteiger partial charge in [0.25, 0.3) is 0 Å². The molecule has 0 aliphatic carbocycles. The molecule has 8 nitrogen and oxygen atoms in total. The minimum atomic E-state index is -1.91. The highest BCUT2D eigenvalue weighted by Crippen LogP contribution is 2.34. The first-order valence-corrected chi connectivity index (χ1v) is 12.3. The van der Waals surface area contributed by atoms with Crippen molar-refractivity contribution in [3.05, 3.63) is 60.5 Å². The molecule has 1 aromatic carbocycles. The normalized spacial score (nSPS) is 14.6. The average Bonchev–Trinajstić information content (AvgIpc) is 2.79. The molecule has 1 heterocycles. The number of carbonyl (C=O) groups excluding carboxylic acids is 2. The van der Waals surface area contributed by atoms with Gasteiger partial charge in [-0.3, -0.25) is 4.31 Å². The lowest BCUT2D eigenvalue weighted by molar-refractivity contribution is -0.106. The van der Waals surface area contributed by atoms with Crippen LogP contribution in [0.3, 0.4) is 0 Å². The molecule has 1 atom stereocenters. The minimum absolute atomic E-state index is 0.0441. The molecule has 1 aromatic rings. The Morgan fingerprint density at radius 3 is 2.61 bits per heavy atom. The van der Waals surface area contributed by atoms with Gasteiger partial charge in [0.1, 0.15) is 29.9 Å². The molecule has 1 unspecified atom stereocenters. The van der Waals surface area contributed by atoms with Gasteiger partial charge in [-0.05, 0) is 45.5 Å². The summed E-state index contributed by atoms with van der Waals surface area (Å²) < 4.78 is 42.9. The summed E-state index contributed by atoms with van der Waals surface area (Å²) in [4.78, 5) is 24.9. The van der Waals surface area contributed by atoms with Crippen LogP contribution in [-0.2, 0) is 20.7 Å². The maximum atomic E-state index is 15.7. The summed E-state index contributed by atoms with van der Waals surface area (Å²) >= 11 is -1.91. The number of nitrogens with zero attached hydrogens (tertiary/aromatic N) is 2. The Labute approximate surface area is 214 Å². The largest absolute Gasteiger partial charge is 0.487 e. The molecule has 0 saturated carbocycles. The second kappa shape index (κ2) is 13.0. The number of aldehydes is 1. The van der Waals surface area contributed by atoms with Crippen LogP contribution in [0.4, 0.5) is 14.9 Å². The highest BCUT2D eigenvalue weighted by Gasteiger charge is 2.33. The van der Waals surface area contributed by atoms with E-state index in [9.17, 15) is 13.8 Å². The third-order valence-electron chi connectivity index (χ3n) is 4.88. The number of allylic oxidation sites excluding steroid dienone is 2. The second-order valence-corrected chi connectivity index (χ2v) is 10.1. The van der Waals surface area contributed by atoms with Crippen LogP contribution < -0.4 is 13.8 Å². The number of rotatable bonds is 10. The van der Waals surface area contributed by atoms with Crippen LogP contribution >= 0.6 is 0 Å². The Bertz CT molecular complexity index is 1110. The van der Waals surface area contributed by atoms with Crippen molar-refractivity contribution in [1.82, 2.24) is 9.62 Å². The van der Waals surface area contributed by atoms with E-state index in [1.165, 1.54) is 24.1 Å². The van der Waals surface area contributed by atoms with E-state index in [1.807, 2.05) is 0 Å². The molecule has 0 aromatic heterocycles. The Hall–Kier alpha value is -3.42. The zero-order chi connectivity index (χ0) is 26.9. The van der Waals surface area contributed by atoms with Gasteiger partial charge < -0.3 is 19.2 Å². The summed E-state index contributed by atoms with van der Waals surface area (Å²) in [6, 6.07) is 2.97. The number of nitrogens with one attached hydrogen (secondary N) is 1. The highest BCUT2D eigenvalue weighted by molar-refractivity contribution is 7.84. The first kappa shape index (κ1) is 28.8. The van der Waals surface area contributed by atoms with Gasteiger partial charge in [-0.25, -0.2) is 18.1 Å². The number of hydrogen-bond acceptors (Lipinski definition) is 5. The zero-order valence-electron chi connectivity index (χ0n) is 21.0. The number of benzene rings is 1. The number of hydrogen-bond donors (Lipinski definition) is 1. The molecule has 1 N–H and O–H groups in total. The lowest BCUT2D eigenvalue weighted by Crippen LogP contribution is -2.51. The van der Waals surface area contributed by atoms with Gasteiger partial charge in [0.05, 0.1) is 18.0 Å². The van der Waals surface area contributed by atoms with Crippen LogP contribution in [0.25, 0.3) is 0 Å². The molecule has 2 rings (SSSR count). The first-order chi connectivity index (χ1) is 17.0. The van der Waals surface area contributed by atoms with Crippen molar-refractivity contribution in [1.29, 1.82) is 0 Å². The Balaban J connectivity index is 2.33. The van der Waals surface area contributed by atoms with E-state index >= 15 is 4.39 Å². The smallest absolute Gasteiger partial charge is 0.410 e. The van der Waals surface area contributed by atoms with E-state index in [2.05, 4.69) is 29.7 Å². The molecule has 1 aliphatic heterocycles. The van der Waals surface area contributed by atoms with Crippen LogP contribution in [0, 0.1) is 23.6 Å². The van der Waals surface area contributed by atoms with Gasteiger partial charge in [0, 0.05) is 13.1 Å². The fourth-order valence-corrected chi connectivity index (χ4v) is 3.88. The van der Waals surface area contributed by atoms with Gasteiger partial charge in [0.15, 0.2) is 17.0 Å². The number of anilines is 1. The molecule has 0 bridgehead atoms. The number of carbonyl (C=O) groups is 2. The lowest BCUT2D eigenvalue weighted by Gasteiger charge is -2.37. The third kappa shape index (κ3) is 7.80. The first-order valence-electron chi connectivity index (χ1n) is 11.2. The molecule has 1 fully saturated rings. The average molecular weight is 518 g/mol. The predicted molar refractivity (Wildman–Crippen MR) is 139 cm³/mol. The second-order valence-electron chi connectivity index (χ2n) is 8.78. The van der Waals surface area contributed by atoms with E-state index in [4.69, 9.17) is 9.47 Å². The van der Waals surface area contributed by atoms with Crippen molar-refractivity contribution in [2.75, 3.05) is 37.6 Å². The number of amides is 1. The van der Waals surface area contributed by atoms with Gasteiger partial charge in [-0.2, -0.15) is 0 Å². The van der Waals surface area contributed by atoms with Gasteiger partial charge in [-0.15, -0.1) is 0 Å². The predicted octanol–water partition coefficient (Wildman–Crippen LogP) is 3.52. The fraction of sp³-hybridized carbons (Fsp3) is 0.385. The van der Waals surface area contributed by atoms with E-state index in [-0.39, 0.29) is 36.1 Å². The van der Waals surface area contributed by atoms with Crippen LogP contribution in [0.15, 0.2) is 49.1 Å². The molecule has 194 valence electrons. The van der Waals surface area contributed by atoms with E-state index < -0.39 is 28.7 Å². The molecule has 1 amide bonds. The summed E-state index contributed by atoms with van der Waals surface area (Å²) in [5.74, 6) is 4.94.